The summed E-state index contributed by atoms with van der Waals surface area (Å²) in [6, 6.07) is 14.3. The molecule has 0 saturated carbocycles. The summed E-state index contributed by atoms with van der Waals surface area (Å²) < 4.78 is 1.73. The first-order valence-corrected chi connectivity index (χ1v) is 5.43. The first-order valence-electron chi connectivity index (χ1n) is 5.43. The molecule has 0 bridgehead atoms. The molecule has 2 aromatic carbocycles. The number of nitro groups is 1. The maximum absolute atomic E-state index is 11.1. The van der Waals surface area contributed by atoms with Crippen LogP contribution in [0, 0.1) is 10.1 Å². The molecule has 0 aliphatic rings. The molecule has 18 heavy (non-hydrogen) atoms. The number of fused-ring (bicyclic) bond motifs is 1. The molecule has 0 atom stereocenters. The minimum absolute atomic E-state index is 0.0638. The molecule has 0 amide bonds. The molecule has 5 heteroatoms. The van der Waals surface area contributed by atoms with Crippen LogP contribution in [-0.2, 0) is 0 Å². The number of benzene rings is 2. The minimum Gasteiger partial charge on any atom is -0.293 e. The molecular formula is C13H9N3O2. The van der Waals surface area contributed by atoms with Gasteiger partial charge in [-0.25, -0.2) is 4.98 Å². The van der Waals surface area contributed by atoms with Gasteiger partial charge in [0.1, 0.15) is 6.33 Å². The van der Waals surface area contributed by atoms with Crippen molar-refractivity contribution in [2.24, 2.45) is 0 Å². The van der Waals surface area contributed by atoms with E-state index in [1.807, 2.05) is 30.3 Å². The summed E-state index contributed by atoms with van der Waals surface area (Å²) in [5, 5.41) is 11.1. The summed E-state index contributed by atoms with van der Waals surface area (Å²) in [4.78, 5) is 14.9. The second-order valence-corrected chi connectivity index (χ2v) is 3.85. The number of imidazole rings is 1. The normalized spacial score (nSPS) is 10.7. The Balaban J connectivity index is 2.35. The molecule has 0 N–H and O–H groups in total. The predicted octanol–water partition coefficient (Wildman–Crippen LogP) is 2.93. The number of aromatic nitrogens is 2. The summed E-state index contributed by atoms with van der Waals surface area (Å²) in [6.07, 6.45) is 1.60. The number of para-hydroxylation sites is 2. The van der Waals surface area contributed by atoms with E-state index in [2.05, 4.69) is 4.98 Å². The van der Waals surface area contributed by atoms with E-state index in [1.54, 1.807) is 23.0 Å². The van der Waals surface area contributed by atoms with Gasteiger partial charge in [-0.3, -0.25) is 14.7 Å². The van der Waals surface area contributed by atoms with E-state index < -0.39 is 0 Å². The smallest absolute Gasteiger partial charge is 0.293 e. The second-order valence-electron chi connectivity index (χ2n) is 3.85. The number of rotatable bonds is 2. The van der Waals surface area contributed by atoms with Gasteiger partial charge in [-0.15, -0.1) is 0 Å². The molecule has 1 aromatic heterocycles. The monoisotopic (exact) mass is 239 g/mol. The number of nitrogens with zero attached hydrogens (tertiary/aromatic N) is 3. The first-order chi connectivity index (χ1) is 8.77. The molecule has 5 nitrogen and oxygen atoms in total. The van der Waals surface area contributed by atoms with E-state index in [9.17, 15) is 10.1 Å². The van der Waals surface area contributed by atoms with E-state index in [1.165, 1.54) is 6.07 Å². The zero-order chi connectivity index (χ0) is 12.5. The highest BCUT2D eigenvalue weighted by Gasteiger charge is 2.16. The molecular weight excluding hydrogens is 230 g/mol. The molecule has 0 aliphatic heterocycles. The highest BCUT2D eigenvalue weighted by molar-refractivity contribution is 5.86. The van der Waals surface area contributed by atoms with Gasteiger partial charge in [-0.05, 0) is 18.2 Å². The third kappa shape index (κ3) is 1.53. The number of hydrogen-bond acceptors (Lipinski definition) is 3. The predicted molar refractivity (Wildman–Crippen MR) is 67.7 cm³/mol. The molecule has 1 heterocycles. The Morgan fingerprint density at radius 3 is 2.56 bits per heavy atom. The zero-order valence-corrected chi connectivity index (χ0v) is 9.35. The van der Waals surface area contributed by atoms with Crippen molar-refractivity contribution in [2.75, 3.05) is 0 Å². The van der Waals surface area contributed by atoms with E-state index in [-0.39, 0.29) is 10.6 Å². The zero-order valence-electron chi connectivity index (χ0n) is 9.35. The Hall–Kier alpha value is -2.69. The van der Waals surface area contributed by atoms with E-state index >= 15 is 0 Å². The lowest BCUT2D eigenvalue weighted by atomic mass is 10.2. The van der Waals surface area contributed by atoms with Crippen molar-refractivity contribution in [3.05, 3.63) is 65.0 Å². The van der Waals surface area contributed by atoms with Gasteiger partial charge in [0, 0.05) is 11.8 Å². The summed E-state index contributed by atoms with van der Waals surface area (Å²) in [5.74, 6) is 0. The first kappa shape index (κ1) is 10.5. The van der Waals surface area contributed by atoms with Crippen LogP contribution < -0.4 is 0 Å². The Morgan fingerprint density at radius 2 is 1.83 bits per heavy atom. The molecule has 88 valence electrons. The molecule has 0 aliphatic carbocycles. The van der Waals surface area contributed by atoms with Crippen LogP contribution in [0.2, 0.25) is 0 Å². The molecule has 0 saturated heterocycles. The fourth-order valence-corrected chi connectivity index (χ4v) is 1.98. The van der Waals surface area contributed by atoms with Crippen LogP contribution >= 0.6 is 0 Å². The fourth-order valence-electron chi connectivity index (χ4n) is 1.98. The van der Waals surface area contributed by atoms with E-state index in [4.69, 9.17) is 0 Å². The Kier molecular flexibility index (Phi) is 2.30. The van der Waals surface area contributed by atoms with Crippen molar-refractivity contribution in [3.63, 3.8) is 0 Å². The third-order valence-electron chi connectivity index (χ3n) is 2.78. The van der Waals surface area contributed by atoms with E-state index in [0.29, 0.717) is 11.0 Å². The number of hydrogen-bond donors (Lipinski definition) is 0. The van der Waals surface area contributed by atoms with Gasteiger partial charge in [-0.1, -0.05) is 24.3 Å². The van der Waals surface area contributed by atoms with Gasteiger partial charge in [0.15, 0.2) is 5.52 Å². The summed E-state index contributed by atoms with van der Waals surface area (Å²) in [5.41, 5.74) is 2.06. The highest BCUT2D eigenvalue weighted by Crippen LogP contribution is 2.26. The number of non-ortho nitro benzene ring substituents is 1. The average Bonchev–Trinajstić information content (AvgIpc) is 2.83. The Bertz CT molecular complexity index is 719. The van der Waals surface area contributed by atoms with Gasteiger partial charge in [0.25, 0.3) is 5.69 Å². The molecule has 3 aromatic rings. The molecule has 0 fully saturated rings. The largest absolute Gasteiger partial charge is 0.295 e. The summed E-state index contributed by atoms with van der Waals surface area (Å²) >= 11 is 0. The van der Waals surface area contributed by atoms with Crippen molar-refractivity contribution >= 4 is 16.7 Å². The van der Waals surface area contributed by atoms with Crippen LogP contribution in [0.1, 0.15) is 0 Å². The van der Waals surface area contributed by atoms with Gasteiger partial charge in [0.05, 0.1) is 10.4 Å². The van der Waals surface area contributed by atoms with Crippen molar-refractivity contribution in [1.82, 2.24) is 9.55 Å². The van der Waals surface area contributed by atoms with Gasteiger partial charge in [-0.2, -0.15) is 0 Å². The van der Waals surface area contributed by atoms with Gasteiger partial charge in [0.2, 0.25) is 0 Å². The minimum atomic E-state index is -0.385. The lowest BCUT2D eigenvalue weighted by Crippen LogP contribution is -1.96. The second kappa shape index (κ2) is 3.96. The topological polar surface area (TPSA) is 61.0 Å². The molecule has 3 rings (SSSR count). The van der Waals surface area contributed by atoms with Crippen LogP contribution in [0.4, 0.5) is 5.69 Å². The van der Waals surface area contributed by atoms with Crippen LogP contribution in [0.15, 0.2) is 54.9 Å². The summed E-state index contributed by atoms with van der Waals surface area (Å²) in [6.45, 7) is 0. The van der Waals surface area contributed by atoms with Crippen LogP contribution in [0.5, 0.6) is 0 Å². The van der Waals surface area contributed by atoms with Crippen molar-refractivity contribution < 1.29 is 4.92 Å². The lowest BCUT2D eigenvalue weighted by molar-refractivity contribution is -0.383. The Morgan fingerprint density at radius 1 is 1.06 bits per heavy atom. The van der Waals surface area contributed by atoms with Gasteiger partial charge >= 0.3 is 0 Å². The number of nitro benzene ring substituents is 1. The standard InChI is InChI=1S/C13H9N3O2/c17-16(18)12-8-4-7-11-13(12)15(9-14-11)10-5-2-1-3-6-10/h1-9H. The highest BCUT2D eigenvalue weighted by atomic mass is 16.6. The molecule has 0 spiro atoms. The van der Waals surface area contributed by atoms with E-state index in [0.717, 1.165) is 5.69 Å². The van der Waals surface area contributed by atoms with Crippen molar-refractivity contribution in [3.8, 4) is 5.69 Å². The maximum Gasteiger partial charge on any atom is 0.295 e. The van der Waals surface area contributed by atoms with Crippen LogP contribution in [0.25, 0.3) is 16.7 Å². The average molecular weight is 239 g/mol. The van der Waals surface area contributed by atoms with Crippen molar-refractivity contribution in [1.29, 1.82) is 0 Å². The van der Waals surface area contributed by atoms with Gasteiger partial charge < -0.3 is 0 Å². The summed E-state index contributed by atoms with van der Waals surface area (Å²) in [7, 11) is 0. The SMILES string of the molecule is O=[N+]([O-])c1cccc2ncn(-c3ccccc3)c12. The Labute approximate surface area is 102 Å². The lowest BCUT2D eigenvalue weighted by Gasteiger charge is -2.03. The van der Waals surface area contributed by atoms with Crippen LogP contribution in [-0.4, -0.2) is 14.5 Å². The molecule has 0 unspecified atom stereocenters. The van der Waals surface area contributed by atoms with Crippen LogP contribution in [0.3, 0.4) is 0 Å². The molecule has 0 radical (unpaired) electrons. The van der Waals surface area contributed by atoms with Crippen molar-refractivity contribution in [2.45, 2.75) is 0 Å². The quantitative estimate of drug-likeness (QED) is 0.510. The fraction of sp³-hybridized carbons (Fsp3) is 0. The maximum atomic E-state index is 11.1. The third-order valence-corrected chi connectivity index (χ3v) is 2.78.